The van der Waals surface area contributed by atoms with Crippen molar-refractivity contribution in [2.45, 2.75) is 25.2 Å². The van der Waals surface area contributed by atoms with Crippen LogP contribution in [0.1, 0.15) is 17.5 Å². The van der Waals surface area contributed by atoms with Gasteiger partial charge in [-0.3, -0.25) is 0 Å². The molecule has 1 aromatic carbocycles. The van der Waals surface area contributed by atoms with Gasteiger partial charge in [-0.25, -0.2) is 12.7 Å². The van der Waals surface area contributed by atoms with E-state index < -0.39 is 10.0 Å². The highest BCUT2D eigenvalue weighted by molar-refractivity contribution is 7.89. The normalized spacial score (nSPS) is 11.9. The molecule has 0 aliphatic heterocycles. The first-order valence-corrected chi connectivity index (χ1v) is 7.60. The molecule has 19 heavy (non-hydrogen) atoms. The first-order valence-electron chi connectivity index (χ1n) is 6.16. The molecule has 6 heteroatoms. The third-order valence-corrected chi connectivity index (χ3v) is 5.18. The maximum Gasteiger partial charge on any atom is 0.243 e. The molecule has 0 amide bonds. The number of hydrogen-bond acceptors (Lipinski definition) is 4. The molecule has 0 aliphatic rings. The van der Waals surface area contributed by atoms with E-state index in [0.29, 0.717) is 41.3 Å². The smallest absolute Gasteiger partial charge is 0.243 e. The molecule has 0 radical (unpaired) electrons. The van der Waals surface area contributed by atoms with Crippen LogP contribution in [-0.2, 0) is 10.0 Å². The average Bonchev–Trinajstić information content (AvgIpc) is 2.34. The predicted octanol–water partition coefficient (Wildman–Crippen LogP) is 1.28. The molecule has 108 valence electrons. The zero-order chi connectivity index (χ0) is 14.6. The summed E-state index contributed by atoms with van der Waals surface area (Å²) in [6.45, 7) is 4.45. The molecule has 1 aromatic rings. The Balaban J connectivity index is 3.22. The van der Waals surface area contributed by atoms with E-state index in [9.17, 15) is 8.42 Å². The van der Waals surface area contributed by atoms with Crippen molar-refractivity contribution < 1.29 is 13.2 Å². The summed E-state index contributed by atoms with van der Waals surface area (Å²) in [6.07, 6.45) is 0.643. The van der Waals surface area contributed by atoms with E-state index >= 15 is 0 Å². The monoisotopic (exact) mass is 286 g/mol. The molecular weight excluding hydrogens is 264 g/mol. The van der Waals surface area contributed by atoms with E-state index in [-0.39, 0.29) is 0 Å². The van der Waals surface area contributed by atoms with Crippen LogP contribution in [0.2, 0.25) is 0 Å². The minimum absolute atomic E-state index is 0.354. The molecule has 0 aliphatic carbocycles. The number of ether oxygens (including phenoxy) is 1. The van der Waals surface area contributed by atoms with Gasteiger partial charge in [0.2, 0.25) is 10.0 Å². The van der Waals surface area contributed by atoms with Crippen molar-refractivity contribution in [3.05, 3.63) is 23.3 Å². The lowest BCUT2D eigenvalue weighted by Crippen LogP contribution is -2.30. The number of rotatable bonds is 6. The Kier molecular flexibility index (Phi) is 5.34. The summed E-state index contributed by atoms with van der Waals surface area (Å²) in [5, 5.41) is 0. The highest BCUT2D eigenvalue weighted by Crippen LogP contribution is 2.27. The lowest BCUT2D eigenvalue weighted by molar-refractivity contribution is 0.413. The zero-order valence-electron chi connectivity index (χ0n) is 11.9. The molecule has 0 aromatic heterocycles. The van der Waals surface area contributed by atoms with Crippen molar-refractivity contribution >= 4 is 10.0 Å². The predicted molar refractivity (Wildman–Crippen MR) is 76.0 cm³/mol. The first kappa shape index (κ1) is 15.9. The van der Waals surface area contributed by atoms with Crippen LogP contribution in [0.25, 0.3) is 0 Å². The second kappa shape index (κ2) is 6.36. The van der Waals surface area contributed by atoms with Crippen LogP contribution in [0.15, 0.2) is 17.0 Å². The summed E-state index contributed by atoms with van der Waals surface area (Å²) in [6, 6.07) is 3.47. The minimum atomic E-state index is -3.48. The Labute approximate surface area is 115 Å². The van der Waals surface area contributed by atoms with Gasteiger partial charge in [-0.2, -0.15) is 0 Å². The van der Waals surface area contributed by atoms with Crippen LogP contribution >= 0.6 is 0 Å². The van der Waals surface area contributed by atoms with Crippen LogP contribution in [0.4, 0.5) is 0 Å². The average molecular weight is 286 g/mol. The van der Waals surface area contributed by atoms with Gasteiger partial charge in [0.15, 0.2) is 0 Å². The lowest BCUT2D eigenvalue weighted by atomic mass is 10.1. The Bertz CT molecular complexity index is 518. The molecule has 5 nitrogen and oxygen atoms in total. The van der Waals surface area contributed by atoms with E-state index in [1.165, 1.54) is 4.31 Å². The number of methoxy groups -OCH3 is 1. The largest absolute Gasteiger partial charge is 0.497 e. The van der Waals surface area contributed by atoms with Crippen LogP contribution in [-0.4, -0.2) is 40.0 Å². The lowest BCUT2D eigenvalue weighted by Gasteiger charge is -2.20. The van der Waals surface area contributed by atoms with Crippen molar-refractivity contribution in [2.75, 3.05) is 27.2 Å². The molecule has 0 bridgehead atoms. The van der Waals surface area contributed by atoms with E-state index in [2.05, 4.69) is 0 Å². The van der Waals surface area contributed by atoms with Crippen LogP contribution in [0.3, 0.4) is 0 Å². The van der Waals surface area contributed by atoms with E-state index in [1.54, 1.807) is 40.1 Å². The minimum Gasteiger partial charge on any atom is -0.497 e. The zero-order valence-corrected chi connectivity index (χ0v) is 12.8. The van der Waals surface area contributed by atoms with Crippen molar-refractivity contribution in [1.29, 1.82) is 0 Å². The number of hydrogen-bond donors (Lipinski definition) is 1. The molecule has 0 saturated carbocycles. The van der Waals surface area contributed by atoms with E-state index in [4.69, 9.17) is 10.5 Å². The van der Waals surface area contributed by atoms with Crippen molar-refractivity contribution in [3.63, 3.8) is 0 Å². The number of nitrogens with two attached hydrogens (primary N) is 1. The number of benzene rings is 1. The van der Waals surface area contributed by atoms with Gasteiger partial charge in [-0.1, -0.05) is 0 Å². The molecule has 0 spiro atoms. The Morgan fingerprint density at radius 3 is 2.21 bits per heavy atom. The SMILES string of the molecule is COc1cc(C)c(S(=O)(=O)N(C)CCCN)c(C)c1. The van der Waals surface area contributed by atoms with Crippen molar-refractivity contribution in [2.24, 2.45) is 5.73 Å². The van der Waals surface area contributed by atoms with E-state index in [0.717, 1.165) is 0 Å². The van der Waals surface area contributed by atoms with Gasteiger partial charge in [0.1, 0.15) is 5.75 Å². The third kappa shape index (κ3) is 3.46. The van der Waals surface area contributed by atoms with Gasteiger partial charge in [-0.05, 0) is 50.1 Å². The summed E-state index contributed by atoms with van der Waals surface area (Å²) in [5.74, 6) is 0.665. The standard InChI is InChI=1S/C13H22N2O3S/c1-10-8-12(18-4)9-11(2)13(10)19(16,17)15(3)7-5-6-14/h8-9H,5-7,14H2,1-4H3. The Morgan fingerprint density at radius 1 is 1.26 bits per heavy atom. The van der Waals surface area contributed by atoms with Crippen molar-refractivity contribution in [1.82, 2.24) is 4.31 Å². The molecule has 2 N–H and O–H groups in total. The Hall–Kier alpha value is -1.11. The van der Waals surface area contributed by atoms with Crippen LogP contribution in [0, 0.1) is 13.8 Å². The fourth-order valence-corrected chi connectivity index (χ4v) is 3.64. The van der Waals surface area contributed by atoms with E-state index in [1.807, 2.05) is 0 Å². The summed E-state index contributed by atoms with van der Waals surface area (Å²) in [5.41, 5.74) is 6.80. The maximum atomic E-state index is 12.5. The summed E-state index contributed by atoms with van der Waals surface area (Å²) >= 11 is 0. The summed E-state index contributed by atoms with van der Waals surface area (Å²) in [4.78, 5) is 0.354. The van der Waals surface area contributed by atoms with Gasteiger partial charge in [-0.15, -0.1) is 0 Å². The van der Waals surface area contributed by atoms with Gasteiger partial charge in [0.05, 0.1) is 12.0 Å². The molecule has 0 heterocycles. The van der Waals surface area contributed by atoms with Gasteiger partial charge in [0.25, 0.3) is 0 Å². The number of nitrogens with zero attached hydrogens (tertiary/aromatic N) is 1. The van der Waals surface area contributed by atoms with Gasteiger partial charge < -0.3 is 10.5 Å². The summed E-state index contributed by atoms with van der Waals surface area (Å²) in [7, 11) is -0.333. The van der Waals surface area contributed by atoms with Crippen LogP contribution < -0.4 is 10.5 Å². The fraction of sp³-hybridized carbons (Fsp3) is 0.538. The fourth-order valence-electron chi connectivity index (χ4n) is 2.03. The molecule has 1 rings (SSSR count). The molecule has 0 saturated heterocycles. The van der Waals surface area contributed by atoms with Gasteiger partial charge >= 0.3 is 0 Å². The number of sulfonamides is 1. The second-order valence-electron chi connectivity index (χ2n) is 4.56. The van der Waals surface area contributed by atoms with Crippen molar-refractivity contribution in [3.8, 4) is 5.75 Å². The van der Waals surface area contributed by atoms with Gasteiger partial charge in [0, 0.05) is 13.6 Å². The Morgan fingerprint density at radius 2 is 1.79 bits per heavy atom. The first-order chi connectivity index (χ1) is 8.84. The van der Waals surface area contributed by atoms with Crippen LogP contribution in [0.5, 0.6) is 5.75 Å². The molecule has 0 fully saturated rings. The maximum absolute atomic E-state index is 12.5. The third-order valence-electron chi connectivity index (χ3n) is 3.01. The second-order valence-corrected chi connectivity index (χ2v) is 6.54. The quantitative estimate of drug-likeness (QED) is 0.855. The molecule has 0 atom stereocenters. The molecule has 0 unspecified atom stereocenters. The highest BCUT2D eigenvalue weighted by Gasteiger charge is 2.24. The molecular formula is C13H22N2O3S. The topological polar surface area (TPSA) is 72.6 Å². The number of aryl methyl sites for hydroxylation is 2. The highest BCUT2D eigenvalue weighted by atomic mass is 32.2. The summed E-state index contributed by atoms with van der Waals surface area (Å²) < 4.78 is 31.5.